The molecule has 12 heavy (non-hydrogen) atoms. The van der Waals surface area contributed by atoms with Gasteiger partial charge in [-0.1, -0.05) is 18.2 Å². The van der Waals surface area contributed by atoms with E-state index < -0.39 is 9.17 Å². The lowest BCUT2D eigenvalue weighted by Crippen LogP contribution is -2.08. The van der Waals surface area contributed by atoms with E-state index in [1.54, 1.807) is 30.3 Å². The molecule has 0 spiro atoms. The number of benzene rings is 1. The molecule has 0 heterocycles. The molecule has 0 saturated carbocycles. The molecule has 0 aliphatic carbocycles. The summed E-state index contributed by atoms with van der Waals surface area (Å²) in [7, 11) is -2.84. The van der Waals surface area contributed by atoms with Crippen molar-refractivity contribution in [2.45, 2.75) is 0 Å². The van der Waals surface area contributed by atoms with Crippen molar-refractivity contribution in [3.05, 3.63) is 30.3 Å². The average molecular weight is 184 g/mol. The van der Waals surface area contributed by atoms with Gasteiger partial charge in [-0.3, -0.25) is 4.46 Å². The third-order valence-corrected chi connectivity index (χ3v) is 1.36. The zero-order valence-electron chi connectivity index (χ0n) is 6.27. The van der Waals surface area contributed by atoms with E-state index in [2.05, 4.69) is 4.43 Å². The molecular formula is C7H8O4Si. The highest BCUT2D eigenvalue weighted by molar-refractivity contribution is 6.25. The van der Waals surface area contributed by atoms with Crippen molar-refractivity contribution in [1.29, 1.82) is 0 Å². The van der Waals surface area contributed by atoms with E-state index >= 15 is 0 Å². The fraction of sp³-hybridized carbons (Fsp3) is 0. The minimum atomic E-state index is -2.84. The van der Waals surface area contributed by atoms with Crippen LogP contribution < -0.4 is 4.43 Å². The van der Waals surface area contributed by atoms with Crippen LogP contribution in [0.2, 0.25) is 0 Å². The molecule has 0 aromatic heterocycles. The summed E-state index contributed by atoms with van der Waals surface area (Å²) in [5.41, 5.74) is 0. The minimum Gasteiger partial charge on any atom is -0.511 e. The zero-order chi connectivity index (χ0) is 9.40. The van der Waals surface area contributed by atoms with Gasteiger partial charge in [0, 0.05) is 0 Å². The maximum Gasteiger partial charge on any atom is 0.770 e. The van der Waals surface area contributed by atoms with Crippen molar-refractivity contribution in [2.75, 3.05) is 0 Å². The molecule has 1 rings (SSSR count). The Balaban J connectivity index is 0.000000561. The molecule has 4 nitrogen and oxygen atoms in total. The first-order valence-corrected chi connectivity index (χ1v) is 4.30. The number of rotatable bonds is 2. The molecule has 0 amide bonds. The molecular weight excluding hydrogens is 176 g/mol. The molecule has 0 fully saturated rings. The van der Waals surface area contributed by atoms with E-state index in [1.807, 2.05) is 6.79 Å². The summed E-state index contributed by atoms with van der Waals surface area (Å²) in [4.78, 5) is 16.3. The van der Waals surface area contributed by atoms with Crippen LogP contribution in [-0.2, 0) is 9.26 Å². The van der Waals surface area contributed by atoms with Gasteiger partial charge in [0.25, 0.3) is 0 Å². The number of hydrogen-bond donors (Lipinski definition) is 1. The first-order valence-electron chi connectivity index (χ1n) is 3.04. The standard InChI is InChI=1S/C6H6O3Si.CH2O/c7-10(8)9-6-4-2-1-3-5-6;1-2/h1-5,7H;1H2. The van der Waals surface area contributed by atoms with Crippen molar-refractivity contribution in [3.8, 4) is 5.75 Å². The molecule has 0 radical (unpaired) electrons. The van der Waals surface area contributed by atoms with Crippen LogP contribution in [0.5, 0.6) is 5.75 Å². The molecule has 1 aromatic carbocycles. The van der Waals surface area contributed by atoms with Crippen LogP contribution in [-0.4, -0.2) is 20.8 Å². The van der Waals surface area contributed by atoms with Crippen LogP contribution >= 0.6 is 0 Å². The average Bonchev–Trinajstić information content (AvgIpc) is 2.08. The Kier molecular flexibility index (Phi) is 5.46. The summed E-state index contributed by atoms with van der Waals surface area (Å²) in [5.74, 6) is 0.425. The highest BCUT2D eigenvalue weighted by Crippen LogP contribution is 2.06. The van der Waals surface area contributed by atoms with Gasteiger partial charge in [0.2, 0.25) is 0 Å². The van der Waals surface area contributed by atoms with E-state index in [0.29, 0.717) is 5.75 Å². The maximum absolute atomic E-state index is 10.1. The normalized spacial score (nSPS) is 7.67. The van der Waals surface area contributed by atoms with Gasteiger partial charge in [0.1, 0.15) is 12.5 Å². The summed E-state index contributed by atoms with van der Waals surface area (Å²) < 4.78 is 14.6. The molecule has 0 unspecified atom stereocenters. The zero-order valence-corrected chi connectivity index (χ0v) is 7.27. The summed E-state index contributed by atoms with van der Waals surface area (Å²) in [5, 5.41) is 0. The second kappa shape index (κ2) is 6.23. The molecule has 0 saturated heterocycles. The monoisotopic (exact) mass is 184 g/mol. The maximum atomic E-state index is 10.1. The summed E-state index contributed by atoms with van der Waals surface area (Å²) in [6.07, 6.45) is 0. The Morgan fingerprint density at radius 2 is 1.75 bits per heavy atom. The molecule has 0 atom stereocenters. The van der Waals surface area contributed by atoms with E-state index in [-0.39, 0.29) is 0 Å². The fourth-order valence-electron chi connectivity index (χ4n) is 0.589. The van der Waals surface area contributed by atoms with Gasteiger partial charge in [0.15, 0.2) is 0 Å². The van der Waals surface area contributed by atoms with Crippen molar-refractivity contribution >= 4 is 16.0 Å². The van der Waals surface area contributed by atoms with E-state index in [1.165, 1.54) is 0 Å². The lowest BCUT2D eigenvalue weighted by atomic mass is 10.3. The number of carbonyl (C=O) groups excluding carboxylic acids is 1. The Labute approximate surface area is 71.3 Å². The van der Waals surface area contributed by atoms with E-state index in [4.69, 9.17) is 9.59 Å². The predicted molar refractivity (Wildman–Crippen MR) is 42.9 cm³/mol. The molecule has 0 aliphatic rings. The van der Waals surface area contributed by atoms with Crippen molar-refractivity contribution < 1.29 is 18.5 Å². The molecule has 64 valence electrons. The van der Waals surface area contributed by atoms with Gasteiger partial charge in [-0.15, -0.1) is 0 Å². The molecule has 1 aromatic rings. The predicted octanol–water partition coefficient (Wildman–Crippen LogP) is 0.288. The van der Waals surface area contributed by atoms with Crippen molar-refractivity contribution in [3.63, 3.8) is 0 Å². The second-order valence-corrected chi connectivity index (χ2v) is 2.42. The quantitative estimate of drug-likeness (QED) is 0.671. The fourth-order valence-corrected chi connectivity index (χ4v) is 0.927. The van der Waals surface area contributed by atoms with Crippen LogP contribution in [0.3, 0.4) is 0 Å². The highest BCUT2D eigenvalue weighted by atomic mass is 28.3. The van der Waals surface area contributed by atoms with Gasteiger partial charge in [0.05, 0.1) is 0 Å². The Morgan fingerprint density at radius 3 is 2.17 bits per heavy atom. The largest absolute Gasteiger partial charge is 0.770 e. The first kappa shape index (κ1) is 10.5. The van der Waals surface area contributed by atoms with Crippen LogP contribution in [0, 0.1) is 0 Å². The van der Waals surface area contributed by atoms with E-state index in [9.17, 15) is 4.46 Å². The smallest absolute Gasteiger partial charge is 0.511 e. The lowest BCUT2D eigenvalue weighted by molar-refractivity contribution is -0.0979. The SMILES string of the molecule is C=O.O=[Si](O)Oc1ccccc1. The number of hydrogen-bond acceptors (Lipinski definition) is 3. The molecule has 1 N–H and O–H groups in total. The molecule has 0 bridgehead atoms. The van der Waals surface area contributed by atoms with Gasteiger partial charge >= 0.3 is 9.17 Å². The third-order valence-electron chi connectivity index (χ3n) is 0.948. The van der Waals surface area contributed by atoms with Crippen LogP contribution in [0.15, 0.2) is 30.3 Å². The Bertz CT molecular complexity index is 236. The van der Waals surface area contributed by atoms with Crippen LogP contribution in [0.25, 0.3) is 0 Å². The highest BCUT2D eigenvalue weighted by Gasteiger charge is 2.03. The van der Waals surface area contributed by atoms with Gasteiger partial charge < -0.3 is 14.0 Å². The van der Waals surface area contributed by atoms with E-state index in [0.717, 1.165) is 0 Å². The molecule has 0 aliphatic heterocycles. The van der Waals surface area contributed by atoms with Gasteiger partial charge in [-0.05, 0) is 12.1 Å². The third kappa shape index (κ3) is 4.34. The Hall–Kier alpha value is -1.49. The summed E-state index contributed by atoms with van der Waals surface area (Å²) in [6, 6.07) is 8.53. The topological polar surface area (TPSA) is 63.6 Å². The van der Waals surface area contributed by atoms with Crippen molar-refractivity contribution in [1.82, 2.24) is 0 Å². The molecule has 5 heteroatoms. The summed E-state index contributed by atoms with van der Waals surface area (Å²) >= 11 is 0. The van der Waals surface area contributed by atoms with Gasteiger partial charge in [-0.25, -0.2) is 0 Å². The summed E-state index contributed by atoms with van der Waals surface area (Å²) in [6.45, 7) is 2.00. The first-order chi connectivity index (χ1) is 5.79. The van der Waals surface area contributed by atoms with Crippen LogP contribution in [0.4, 0.5) is 0 Å². The van der Waals surface area contributed by atoms with Crippen molar-refractivity contribution in [2.24, 2.45) is 0 Å². The minimum absolute atomic E-state index is 0.425. The second-order valence-electron chi connectivity index (χ2n) is 1.68. The van der Waals surface area contributed by atoms with Gasteiger partial charge in [-0.2, -0.15) is 0 Å². The number of carbonyl (C=O) groups is 1. The number of para-hydroxylation sites is 1. The lowest BCUT2D eigenvalue weighted by Gasteiger charge is -1.95. The van der Waals surface area contributed by atoms with Crippen LogP contribution in [0.1, 0.15) is 0 Å². The Morgan fingerprint density at radius 1 is 1.25 bits per heavy atom.